The minimum Gasteiger partial charge on any atom is -0.478 e. The molecule has 1 fully saturated rings. The van der Waals surface area contributed by atoms with Gasteiger partial charge in [-0.25, -0.2) is 4.79 Å². The Hall–Kier alpha value is -2.26. The molecule has 0 aliphatic carbocycles. The predicted molar refractivity (Wildman–Crippen MR) is 65.6 cm³/mol. The van der Waals surface area contributed by atoms with Crippen molar-refractivity contribution in [3.8, 4) is 6.07 Å². The first kappa shape index (κ1) is 12.2. The van der Waals surface area contributed by atoms with Gasteiger partial charge in [-0.05, 0) is 12.1 Å². The van der Waals surface area contributed by atoms with E-state index in [0.717, 1.165) is 0 Å². The molecule has 1 aromatic carbocycles. The fraction of sp³-hybridized carbons (Fsp3) is 0.333. The molecule has 0 atom stereocenters. The zero-order valence-corrected chi connectivity index (χ0v) is 9.72. The molecule has 1 aliphatic heterocycles. The molecule has 3 N–H and O–H groups in total. The van der Waals surface area contributed by atoms with Gasteiger partial charge in [-0.1, -0.05) is 0 Å². The Labute approximate surface area is 104 Å². The van der Waals surface area contributed by atoms with Crippen LogP contribution in [0.25, 0.3) is 0 Å². The molecular formula is C12H13N3O3. The number of nitrogens with two attached hydrogens (primary N) is 1. The molecule has 0 bridgehead atoms. The van der Waals surface area contributed by atoms with E-state index in [1.54, 1.807) is 0 Å². The number of anilines is 2. The topological polar surface area (TPSA) is 99.6 Å². The van der Waals surface area contributed by atoms with Crippen LogP contribution in [0.4, 0.5) is 11.4 Å². The molecule has 18 heavy (non-hydrogen) atoms. The Morgan fingerprint density at radius 2 is 2.11 bits per heavy atom. The van der Waals surface area contributed by atoms with Crippen LogP contribution in [0.3, 0.4) is 0 Å². The Morgan fingerprint density at radius 1 is 1.44 bits per heavy atom. The molecule has 0 unspecified atom stereocenters. The van der Waals surface area contributed by atoms with E-state index in [1.807, 2.05) is 11.0 Å². The lowest BCUT2D eigenvalue weighted by Gasteiger charge is -2.29. The first-order valence-electron chi connectivity index (χ1n) is 5.53. The minimum absolute atomic E-state index is 0.0236. The number of hydrogen-bond acceptors (Lipinski definition) is 5. The number of nitriles is 1. The third kappa shape index (κ3) is 2.21. The molecule has 0 aromatic heterocycles. The number of rotatable bonds is 2. The van der Waals surface area contributed by atoms with Crippen LogP contribution >= 0.6 is 0 Å². The molecule has 6 nitrogen and oxygen atoms in total. The molecule has 0 radical (unpaired) electrons. The van der Waals surface area contributed by atoms with E-state index in [2.05, 4.69) is 0 Å². The lowest BCUT2D eigenvalue weighted by Crippen LogP contribution is -2.36. The minimum atomic E-state index is -1.09. The highest BCUT2D eigenvalue weighted by Gasteiger charge is 2.19. The van der Waals surface area contributed by atoms with Crippen molar-refractivity contribution < 1.29 is 14.6 Å². The van der Waals surface area contributed by atoms with Gasteiger partial charge in [0.05, 0.1) is 30.0 Å². The average Bonchev–Trinajstić information content (AvgIpc) is 2.39. The van der Waals surface area contributed by atoms with Gasteiger partial charge in [0, 0.05) is 18.8 Å². The summed E-state index contributed by atoms with van der Waals surface area (Å²) in [6.45, 7) is 2.41. The molecule has 0 spiro atoms. The number of benzene rings is 1. The SMILES string of the molecule is N#Cc1cc(N)c(C(=O)O)cc1N1CCOCC1. The molecule has 1 heterocycles. The van der Waals surface area contributed by atoms with Crippen molar-refractivity contribution in [1.82, 2.24) is 0 Å². The number of carboxylic acids is 1. The van der Waals surface area contributed by atoms with Gasteiger partial charge < -0.3 is 20.5 Å². The van der Waals surface area contributed by atoms with Crippen LogP contribution in [0.1, 0.15) is 15.9 Å². The van der Waals surface area contributed by atoms with Crippen LogP contribution in [-0.4, -0.2) is 37.4 Å². The summed E-state index contributed by atoms with van der Waals surface area (Å²) in [6.07, 6.45) is 0. The summed E-state index contributed by atoms with van der Waals surface area (Å²) in [5, 5.41) is 18.1. The monoisotopic (exact) mass is 247 g/mol. The van der Waals surface area contributed by atoms with E-state index in [4.69, 9.17) is 20.8 Å². The van der Waals surface area contributed by atoms with Gasteiger partial charge in [-0.3, -0.25) is 0 Å². The second-order valence-corrected chi connectivity index (χ2v) is 3.97. The Bertz CT molecular complexity index is 516. The van der Waals surface area contributed by atoms with Crippen molar-refractivity contribution >= 4 is 17.3 Å². The lowest BCUT2D eigenvalue weighted by atomic mass is 10.1. The van der Waals surface area contributed by atoms with E-state index in [1.165, 1.54) is 12.1 Å². The van der Waals surface area contributed by atoms with Crippen molar-refractivity contribution in [2.24, 2.45) is 0 Å². The maximum Gasteiger partial charge on any atom is 0.337 e. The first-order chi connectivity index (χ1) is 8.63. The first-order valence-corrected chi connectivity index (χ1v) is 5.53. The fourth-order valence-corrected chi connectivity index (χ4v) is 1.95. The highest BCUT2D eigenvalue weighted by molar-refractivity contribution is 5.95. The number of ether oxygens (including phenoxy) is 1. The van der Waals surface area contributed by atoms with Crippen LogP contribution in [0.2, 0.25) is 0 Å². The van der Waals surface area contributed by atoms with E-state index in [-0.39, 0.29) is 11.3 Å². The van der Waals surface area contributed by atoms with Crippen molar-refractivity contribution in [3.05, 3.63) is 23.3 Å². The van der Waals surface area contributed by atoms with E-state index >= 15 is 0 Å². The Kier molecular flexibility index (Phi) is 3.35. The second kappa shape index (κ2) is 4.94. The summed E-state index contributed by atoms with van der Waals surface area (Å²) in [6, 6.07) is 4.92. The number of carbonyl (C=O) groups is 1. The highest BCUT2D eigenvalue weighted by atomic mass is 16.5. The van der Waals surface area contributed by atoms with Gasteiger partial charge in [-0.15, -0.1) is 0 Å². The van der Waals surface area contributed by atoms with Gasteiger partial charge >= 0.3 is 5.97 Å². The zero-order chi connectivity index (χ0) is 13.1. The molecule has 1 aliphatic rings. The Morgan fingerprint density at radius 3 is 2.67 bits per heavy atom. The van der Waals surface area contributed by atoms with Crippen molar-refractivity contribution in [1.29, 1.82) is 5.26 Å². The van der Waals surface area contributed by atoms with Crippen LogP contribution in [0, 0.1) is 11.3 Å². The summed E-state index contributed by atoms with van der Waals surface area (Å²) in [5.41, 5.74) is 6.74. The fourth-order valence-electron chi connectivity index (χ4n) is 1.95. The predicted octanol–water partition coefficient (Wildman–Crippen LogP) is 0.675. The van der Waals surface area contributed by atoms with E-state index < -0.39 is 5.97 Å². The Balaban J connectivity index is 2.47. The third-order valence-electron chi connectivity index (χ3n) is 2.87. The molecule has 94 valence electrons. The largest absolute Gasteiger partial charge is 0.478 e. The van der Waals surface area contributed by atoms with Gasteiger partial charge in [0.25, 0.3) is 0 Å². The maximum atomic E-state index is 11.1. The molecule has 0 amide bonds. The van der Waals surface area contributed by atoms with Gasteiger partial charge in [-0.2, -0.15) is 5.26 Å². The van der Waals surface area contributed by atoms with E-state index in [9.17, 15) is 4.79 Å². The molecular weight excluding hydrogens is 234 g/mol. The molecule has 1 saturated heterocycles. The number of carboxylic acid groups (broad SMARTS) is 1. The second-order valence-electron chi connectivity index (χ2n) is 3.97. The van der Waals surface area contributed by atoms with Crippen molar-refractivity contribution in [3.63, 3.8) is 0 Å². The zero-order valence-electron chi connectivity index (χ0n) is 9.72. The number of hydrogen-bond donors (Lipinski definition) is 2. The molecule has 2 rings (SSSR count). The van der Waals surface area contributed by atoms with Crippen molar-refractivity contribution in [2.75, 3.05) is 36.9 Å². The molecule has 1 aromatic rings. The van der Waals surface area contributed by atoms with E-state index in [0.29, 0.717) is 37.6 Å². The lowest BCUT2D eigenvalue weighted by molar-refractivity contribution is 0.0698. The van der Waals surface area contributed by atoms with Crippen LogP contribution < -0.4 is 10.6 Å². The molecule has 6 heteroatoms. The van der Waals surface area contributed by atoms with Crippen LogP contribution in [-0.2, 0) is 4.74 Å². The number of nitrogen functional groups attached to an aromatic ring is 1. The summed E-state index contributed by atoms with van der Waals surface area (Å²) in [4.78, 5) is 13.0. The summed E-state index contributed by atoms with van der Waals surface area (Å²) in [5.74, 6) is -1.09. The number of nitrogens with zero attached hydrogens (tertiary/aromatic N) is 2. The third-order valence-corrected chi connectivity index (χ3v) is 2.87. The van der Waals surface area contributed by atoms with Crippen LogP contribution in [0.5, 0.6) is 0 Å². The summed E-state index contributed by atoms with van der Waals surface area (Å²) < 4.78 is 5.23. The maximum absolute atomic E-state index is 11.1. The van der Waals surface area contributed by atoms with Gasteiger partial charge in [0.2, 0.25) is 0 Å². The van der Waals surface area contributed by atoms with Crippen LogP contribution in [0.15, 0.2) is 12.1 Å². The average molecular weight is 247 g/mol. The van der Waals surface area contributed by atoms with Gasteiger partial charge in [0.15, 0.2) is 0 Å². The standard InChI is InChI=1S/C12H13N3O3/c13-7-8-5-10(14)9(12(16)17)6-11(8)15-1-3-18-4-2-15/h5-6H,1-4,14H2,(H,16,17). The van der Waals surface area contributed by atoms with Crippen molar-refractivity contribution in [2.45, 2.75) is 0 Å². The number of morpholine rings is 1. The quantitative estimate of drug-likeness (QED) is 0.745. The van der Waals surface area contributed by atoms with Gasteiger partial charge in [0.1, 0.15) is 6.07 Å². The highest BCUT2D eigenvalue weighted by Crippen LogP contribution is 2.27. The normalized spacial score (nSPS) is 15.2. The number of aromatic carboxylic acids is 1. The smallest absolute Gasteiger partial charge is 0.337 e. The summed E-state index contributed by atoms with van der Waals surface area (Å²) >= 11 is 0. The summed E-state index contributed by atoms with van der Waals surface area (Å²) in [7, 11) is 0. The molecule has 0 saturated carbocycles.